The Morgan fingerprint density at radius 3 is 2.85 bits per heavy atom. The minimum atomic E-state index is 0.0554. The largest absolute Gasteiger partial charge is 0.479 e. The van der Waals surface area contributed by atoms with E-state index in [9.17, 15) is 0 Å². The van der Waals surface area contributed by atoms with Crippen molar-refractivity contribution in [2.45, 2.75) is 6.54 Å². The first-order chi connectivity index (χ1) is 9.69. The Labute approximate surface area is 136 Å². The van der Waals surface area contributed by atoms with Gasteiger partial charge in [-0.2, -0.15) is 5.26 Å². The first-order valence-corrected chi connectivity index (χ1v) is 7.42. The van der Waals surface area contributed by atoms with E-state index < -0.39 is 0 Å². The molecule has 0 unspecified atom stereocenters. The van der Waals surface area contributed by atoms with Gasteiger partial charge >= 0.3 is 0 Å². The van der Waals surface area contributed by atoms with Crippen LogP contribution in [-0.2, 0) is 6.54 Å². The summed E-state index contributed by atoms with van der Waals surface area (Å²) in [5.41, 5.74) is 1.96. The summed E-state index contributed by atoms with van der Waals surface area (Å²) in [6.07, 6.45) is 0. The Hall–Kier alpha value is -1.45. The molecule has 0 aromatic heterocycles. The number of hydrogen-bond donors (Lipinski definition) is 1. The highest BCUT2D eigenvalue weighted by atomic mass is 127. The second kappa shape index (κ2) is 7.36. The molecule has 102 valence electrons. The van der Waals surface area contributed by atoms with Gasteiger partial charge < -0.3 is 10.1 Å². The summed E-state index contributed by atoms with van der Waals surface area (Å²) in [5, 5.41) is 12.5. The molecule has 2 aromatic rings. The van der Waals surface area contributed by atoms with Crippen LogP contribution in [0, 0.1) is 14.9 Å². The number of nitriles is 1. The number of hydrogen-bond acceptors (Lipinski definition) is 3. The van der Waals surface area contributed by atoms with Crippen LogP contribution < -0.4 is 10.1 Å². The van der Waals surface area contributed by atoms with Crippen LogP contribution >= 0.6 is 34.2 Å². The van der Waals surface area contributed by atoms with Crippen LogP contribution in [-0.4, -0.2) is 6.61 Å². The quantitative estimate of drug-likeness (QED) is 0.756. The van der Waals surface area contributed by atoms with E-state index in [1.807, 2.05) is 48.5 Å². The van der Waals surface area contributed by atoms with Gasteiger partial charge in [0.05, 0.1) is 10.7 Å². The van der Waals surface area contributed by atoms with E-state index >= 15 is 0 Å². The number of benzene rings is 2. The molecule has 0 heterocycles. The molecule has 0 bridgehead atoms. The fraction of sp³-hybridized carbons (Fsp3) is 0.133. The van der Waals surface area contributed by atoms with Crippen molar-refractivity contribution in [3.8, 4) is 11.8 Å². The highest BCUT2D eigenvalue weighted by Crippen LogP contribution is 2.24. The summed E-state index contributed by atoms with van der Waals surface area (Å²) < 4.78 is 6.37. The first kappa shape index (κ1) is 14.9. The van der Waals surface area contributed by atoms with E-state index in [1.165, 1.54) is 0 Å². The molecule has 0 fully saturated rings. The van der Waals surface area contributed by atoms with Crippen molar-refractivity contribution in [3.05, 3.63) is 56.6 Å². The highest BCUT2D eigenvalue weighted by molar-refractivity contribution is 14.1. The van der Waals surface area contributed by atoms with Crippen LogP contribution in [0.25, 0.3) is 0 Å². The zero-order valence-corrected chi connectivity index (χ0v) is 13.5. The lowest BCUT2D eigenvalue weighted by molar-refractivity contribution is 0.368. The normalized spacial score (nSPS) is 9.85. The third-order valence-electron chi connectivity index (χ3n) is 2.62. The summed E-state index contributed by atoms with van der Waals surface area (Å²) in [6, 6.07) is 15.5. The van der Waals surface area contributed by atoms with Gasteiger partial charge in [0.1, 0.15) is 11.8 Å². The summed E-state index contributed by atoms with van der Waals surface area (Å²) in [6.45, 7) is 0.698. The highest BCUT2D eigenvalue weighted by Gasteiger charge is 2.02. The monoisotopic (exact) mass is 398 g/mol. The number of halogens is 2. The number of nitrogens with zero attached hydrogens (tertiary/aromatic N) is 1. The van der Waals surface area contributed by atoms with E-state index in [1.54, 1.807) is 0 Å². The van der Waals surface area contributed by atoms with Crippen molar-refractivity contribution in [3.63, 3.8) is 0 Å². The Morgan fingerprint density at radius 2 is 2.10 bits per heavy atom. The van der Waals surface area contributed by atoms with E-state index in [4.69, 9.17) is 21.6 Å². The topological polar surface area (TPSA) is 45.0 Å². The first-order valence-electron chi connectivity index (χ1n) is 5.96. The molecule has 0 aliphatic carbocycles. The van der Waals surface area contributed by atoms with Gasteiger partial charge in [-0.1, -0.05) is 23.7 Å². The second-order valence-electron chi connectivity index (χ2n) is 4.07. The number of anilines is 1. The Balaban J connectivity index is 2.01. The third kappa shape index (κ3) is 4.29. The van der Waals surface area contributed by atoms with Crippen LogP contribution in [0.2, 0.25) is 5.02 Å². The van der Waals surface area contributed by atoms with E-state index in [-0.39, 0.29) is 6.61 Å². The molecule has 0 saturated carbocycles. The van der Waals surface area contributed by atoms with E-state index in [2.05, 4.69) is 27.9 Å². The number of ether oxygens (including phenoxy) is 1. The maximum absolute atomic E-state index is 8.50. The molecule has 1 N–H and O–H groups in total. The third-order valence-corrected chi connectivity index (χ3v) is 3.60. The van der Waals surface area contributed by atoms with Crippen LogP contribution in [0.5, 0.6) is 5.75 Å². The smallest absolute Gasteiger partial charge is 0.174 e. The fourth-order valence-corrected chi connectivity index (χ4v) is 2.61. The number of nitrogens with one attached hydrogen (secondary N) is 1. The average molecular weight is 399 g/mol. The van der Waals surface area contributed by atoms with Crippen molar-refractivity contribution in [2.24, 2.45) is 0 Å². The van der Waals surface area contributed by atoms with Crippen molar-refractivity contribution in [1.29, 1.82) is 5.26 Å². The Kier molecular flexibility index (Phi) is 5.50. The lowest BCUT2D eigenvalue weighted by Gasteiger charge is -2.10. The minimum absolute atomic E-state index is 0.0554. The van der Waals surface area contributed by atoms with Gasteiger partial charge in [-0.3, -0.25) is 0 Å². The van der Waals surface area contributed by atoms with Gasteiger partial charge in [-0.15, -0.1) is 0 Å². The molecule has 0 saturated heterocycles. The molecule has 0 radical (unpaired) electrons. The Morgan fingerprint density at radius 1 is 1.25 bits per heavy atom. The van der Waals surface area contributed by atoms with Crippen LogP contribution in [0.3, 0.4) is 0 Å². The summed E-state index contributed by atoms with van der Waals surface area (Å²) in [4.78, 5) is 0. The molecule has 2 rings (SSSR count). The predicted molar refractivity (Wildman–Crippen MR) is 89.0 cm³/mol. The number of rotatable bonds is 5. The standard InChI is InChI=1S/C15H12ClIN2O/c16-14-9-12(17)4-5-15(14)19-10-11-2-1-3-13(8-11)20-7-6-18/h1-5,8-9,19H,7,10H2. The molecule has 0 atom stereocenters. The molecule has 5 heteroatoms. The van der Waals surface area contributed by atoms with Gasteiger partial charge in [-0.25, -0.2) is 0 Å². The summed E-state index contributed by atoms with van der Waals surface area (Å²) in [5.74, 6) is 0.694. The SMILES string of the molecule is N#CCOc1cccc(CNc2ccc(I)cc2Cl)c1. The minimum Gasteiger partial charge on any atom is -0.479 e. The zero-order valence-electron chi connectivity index (χ0n) is 10.6. The lowest BCUT2D eigenvalue weighted by Crippen LogP contribution is -2.01. The molecule has 20 heavy (non-hydrogen) atoms. The van der Waals surface area contributed by atoms with Crippen molar-refractivity contribution in [2.75, 3.05) is 11.9 Å². The maximum Gasteiger partial charge on any atom is 0.174 e. The molecule has 0 aliphatic rings. The van der Waals surface area contributed by atoms with Crippen LogP contribution in [0.1, 0.15) is 5.56 Å². The molecular formula is C15H12ClIN2O. The van der Waals surface area contributed by atoms with Gasteiger partial charge in [-0.05, 0) is 58.5 Å². The molecule has 2 aromatic carbocycles. The molecule has 3 nitrogen and oxygen atoms in total. The lowest BCUT2D eigenvalue weighted by atomic mass is 10.2. The molecule has 0 spiro atoms. The summed E-state index contributed by atoms with van der Waals surface area (Å²) in [7, 11) is 0. The van der Waals surface area contributed by atoms with Crippen molar-refractivity contribution < 1.29 is 4.74 Å². The predicted octanol–water partition coefficient (Wildman–Crippen LogP) is 4.46. The van der Waals surface area contributed by atoms with Gasteiger partial charge in [0, 0.05) is 10.1 Å². The van der Waals surface area contributed by atoms with E-state index in [0.29, 0.717) is 17.3 Å². The molecule has 0 amide bonds. The summed E-state index contributed by atoms with van der Waals surface area (Å²) >= 11 is 8.39. The van der Waals surface area contributed by atoms with Crippen LogP contribution in [0.4, 0.5) is 5.69 Å². The van der Waals surface area contributed by atoms with Gasteiger partial charge in [0.25, 0.3) is 0 Å². The van der Waals surface area contributed by atoms with E-state index in [0.717, 1.165) is 14.8 Å². The van der Waals surface area contributed by atoms with Gasteiger partial charge in [0.15, 0.2) is 6.61 Å². The fourth-order valence-electron chi connectivity index (χ4n) is 1.69. The zero-order chi connectivity index (χ0) is 14.4. The molecule has 0 aliphatic heterocycles. The van der Waals surface area contributed by atoms with Crippen molar-refractivity contribution in [1.82, 2.24) is 0 Å². The second-order valence-corrected chi connectivity index (χ2v) is 5.72. The average Bonchev–Trinajstić information content (AvgIpc) is 2.45. The van der Waals surface area contributed by atoms with Gasteiger partial charge in [0.2, 0.25) is 0 Å². The Bertz CT molecular complexity index is 640. The van der Waals surface area contributed by atoms with Crippen LogP contribution in [0.15, 0.2) is 42.5 Å². The molecular weight excluding hydrogens is 387 g/mol. The maximum atomic E-state index is 8.50. The van der Waals surface area contributed by atoms with Crippen molar-refractivity contribution >= 4 is 39.9 Å².